The molecule has 10 heteroatoms. The highest BCUT2D eigenvalue weighted by Gasteiger charge is 2.34. The number of aliphatic hydroxyl groups is 1. The van der Waals surface area contributed by atoms with E-state index in [1.165, 1.54) is 7.11 Å². The predicted molar refractivity (Wildman–Crippen MR) is 88.3 cm³/mol. The Morgan fingerprint density at radius 2 is 2.04 bits per heavy atom. The van der Waals surface area contributed by atoms with Crippen molar-refractivity contribution in [1.82, 2.24) is 14.3 Å². The molecule has 0 spiro atoms. The van der Waals surface area contributed by atoms with Gasteiger partial charge in [0.05, 0.1) is 13.7 Å². The number of nitrogens with one attached hydrogen (secondary N) is 1. The van der Waals surface area contributed by atoms with Crippen LogP contribution >= 0.6 is 11.6 Å². The molecule has 0 fully saturated rings. The third-order valence-electron chi connectivity index (χ3n) is 3.51. The van der Waals surface area contributed by atoms with Gasteiger partial charge in [0.15, 0.2) is 5.82 Å². The van der Waals surface area contributed by atoms with Crippen LogP contribution in [0.3, 0.4) is 0 Å². The molecule has 2 aromatic rings. The van der Waals surface area contributed by atoms with Gasteiger partial charge in [-0.3, -0.25) is 9.98 Å². The first-order chi connectivity index (χ1) is 11.6. The normalized spacial score (nSPS) is 12.9. The van der Waals surface area contributed by atoms with Crippen LogP contribution < -0.4 is 5.69 Å². The first-order valence-corrected chi connectivity index (χ1v) is 7.62. The smallest absolute Gasteiger partial charge is 0.346 e. The number of methoxy groups -OCH3 is 1. The molecule has 1 aromatic heterocycles. The fourth-order valence-corrected chi connectivity index (χ4v) is 2.18. The summed E-state index contributed by atoms with van der Waals surface area (Å²) in [5.74, 6) is -3.54. The molecular formula is C15H17ClF2N4O3. The zero-order valence-electron chi connectivity index (χ0n) is 13.5. The summed E-state index contributed by atoms with van der Waals surface area (Å²) in [5.41, 5.74) is -0.286. The fourth-order valence-electron chi connectivity index (χ4n) is 2.05. The van der Waals surface area contributed by atoms with Crippen molar-refractivity contribution in [2.75, 3.05) is 7.11 Å². The molecule has 0 radical (unpaired) electrons. The molecule has 0 saturated carbocycles. The molecule has 25 heavy (non-hydrogen) atoms. The standard InChI is InChI=1S/C15H17ClF2N4O3/c1-15(17,18)11(23)7-21-13(9-3-5-10(16)6-4-9)20-22(14(21)24)8-12(19)25-2/h3-6,11,19,23H,7-8H2,1-2H3/t11-/m0/s1. The molecule has 2 N–H and O–H groups in total. The zero-order chi connectivity index (χ0) is 18.8. The zero-order valence-corrected chi connectivity index (χ0v) is 14.3. The minimum Gasteiger partial charge on any atom is -0.483 e. The van der Waals surface area contributed by atoms with Crippen molar-refractivity contribution in [3.8, 4) is 11.4 Å². The molecule has 7 nitrogen and oxygen atoms in total. The molecule has 136 valence electrons. The van der Waals surface area contributed by atoms with E-state index in [1.54, 1.807) is 24.3 Å². The largest absolute Gasteiger partial charge is 0.483 e. The Hall–Kier alpha value is -2.26. The first kappa shape index (κ1) is 19.1. The average Bonchev–Trinajstić information content (AvgIpc) is 2.84. The number of alkyl halides is 2. The van der Waals surface area contributed by atoms with Gasteiger partial charge in [-0.05, 0) is 24.3 Å². The highest BCUT2D eigenvalue weighted by molar-refractivity contribution is 6.30. The summed E-state index contributed by atoms with van der Waals surface area (Å²) in [4.78, 5) is 12.5. The molecule has 1 aromatic carbocycles. The van der Waals surface area contributed by atoms with Crippen molar-refractivity contribution < 1.29 is 18.6 Å². The summed E-state index contributed by atoms with van der Waals surface area (Å²) in [6, 6.07) is 6.27. The summed E-state index contributed by atoms with van der Waals surface area (Å²) in [7, 11) is 1.27. The van der Waals surface area contributed by atoms with Crippen LogP contribution in [0.15, 0.2) is 29.1 Å². The quantitative estimate of drug-likeness (QED) is 0.597. The van der Waals surface area contributed by atoms with Crippen LogP contribution in [0.5, 0.6) is 0 Å². The second kappa shape index (κ2) is 7.32. The molecule has 0 amide bonds. The van der Waals surface area contributed by atoms with E-state index in [1.807, 2.05) is 0 Å². The van der Waals surface area contributed by atoms with Crippen LogP contribution in [0.1, 0.15) is 6.92 Å². The average molecular weight is 375 g/mol. The van der Waals surface area contributed by atoms with Crippen molar-refractivity contribution in [3.63, 3.8) is 0 Å². The van der Waals surface area contributed by atoms with Gasteiger partial charge in [0.25, 0.3) is 5.92 Å². The molecule has 0 aliphatic carbocycles. The van der Waals surface area contributed by atoms with Gasteiger partial charge in [0, 0.05) is 17.5 Å². The molecule has 0 saturated heterocycles. The maximum absolute atomic E-state index is 13.3. The Morgan fingerprint density at radius 1 is 1.44 bits per heavy atom. The van der Waals surface area contributed by atoms with E-state index in [0.717, 1.165) is 9.25 Å². The lowest BCUT2D eigenvalue weighted by Gasteiger charge is -2.18. The third-order valence-corrected chi connectivity index (χ3v) is 3.76. The second-order valence-electron chi connectivity index (χ2n) is 5.48. The van der Waals surface area contributed by atoms with E-state index in [4.69, 9.17) is 21.7 Å². The number of rotatable bonds is 6. The maximum Gasteiger partial charge on any atom is 0.346 e. The monoisotopic (exact) mass is 374 g/mol. The number of halogens is 3. The van der Waals surface area contributed by atoms with Crippen LogP contribution in [-0.2, 0) is 17.8 Å². The van der Waals surface area contributed by atoms with Gasteiger partial charge in [-0.15, -0.1) is 5.10 Å². The van der Waals surface area contributed by atoms with E-state index in [-0.39, 0.29) is 18.3 Å². The summed E-state index contributed by atoms with van der Waals surface area (Å²) in [6.07, 6.45) is -2.07. The lowest BCUT2D eigenvalue weighted by atomic mass is 10.2. The van der Waals surface area contributed by atoms with Crippen LogP contribution in [-0.4, -0.2) is 44.5 Å². The molecular weight excluding hydrogens is 358 g/mol. The molecule has 1 heterocycles. The predicted octanol–water partition coefficient (Wildman–Crippen LogP) is 2.00. The first-order valence-electron chi connectivity index (χ1n) is 7.24. The summed E-state index contributed by atoms with van der Waals surface area (Å²) in [5, 5.41) is 21.7. The van der Waals surface area contributed by atoms with Crippen LogP contribution in [0.2, 0.25) is 5.02 Å². The lowest BCUT2D eigenvalue weighted by Crippen LogP contribution is -2.38. The Kier molecular flexibility index (Phi) is 5.58. The Labute approximate surface area is 146 Å². The lowest BCUT2D eigenvalue weighted by molar-refractivity contribution is -0.0993. The van der Waals surface area contributed by atoms with E-state index in [9.17, 15) is 18.7 Å². The van der Waals surface area contributed by atoms with E-state index in [0.29, 0.717) is 17.5 Å². The van der Waals surface area contributed by atoms with Gasteiger partial charge >= 0.3 is 5.69 Å². The fraction of sp³-hybridized carbons (Fsp3) is 0.400. The van der Waals surface area contributed by atoms with Gasteiger partial charge in [0.2, 0.25) is 5.90 Å². The van der Waals surface area contributed by atoms with Gasteiger partial charge in [0.1, 0.15) is 12.6 Å². The number of nitrogens with zero attached hydrogens (tertiary/aromatic N) is 3. The van der Waals surface area contributed by atoms with Gasteiger partial charge in [-0.1, -0.05) is 11.6 Å². The van der Waals surface area contributed by atoms with E-state index in [2.05, 4.69) is 5.10 Å². The molecule has 0 aliphatic heterocycles. The Bertz CT molecular complexity index is 812. The van der Waals surface area contributed by atoms with Crippen LogP contribution in [0.4, 0.5) is 8.78 Å². The highest BCUT2D eigenvalue weighted by atomic mass is 35.5. The number of hydrogen-bond acceptors (Lipinski definition) is 5. The summed E-state index contributed by atoms with van der Waals surface area (Å²) >= 11 is 5.83. The maximum atomic E-state index is 13.3. The van der Waals surface area contributed by atoms with Crippen molar-refractivity contribution in [2.24, 2.45) is 0 Å². The third kappa shape index (κ3) is 4.43. The summed E-state index contributed by atoms with van der Waals surface area (Å²) in [6.45, 7) is -0.349. The highest BCUT2D eigenvalue weighted by Crippen LogP contribution is 2.22. The van der Waals surface area contributed by atoms with E-state index < -0.39 is 24.3 Å². The van der Waals surface area contributed by atoms with Gasteiger partial charge < -0.3 is 9.84 Å². The SMILES string of the molecule is COC(=N)Cn1nc(-c2ccc(Cl)cc2)n(C[C@H](O)C(C)(F)F)c1=O. The molecule has 1 atom stereocenters. The van der Waals surface area contributed by atoms with Gasteiger partial charge in [-0.25, -0.2) is 18.3 Å². The van der Waals surface area contributed by atoms with Crippen LogP contribution in [0.25, 0.3) is 11.4 Å². The second-order valence-corrected chi connectivity index (χ2v) is 5.92. The molecule has 0 bridgehead atoms. The number of aromatic nitrogens is 3. The Morgan fingerprint density at radius 3 is 2.56 bits per heavy atom. The molecule has 0 aliphatic rings. The van der Waals surface area contributed by atoms with Crippen molar-refractivity contribution in [3.05, 3.63) is 39.8 Å². The Balaban J connectivity index is 2.51. The van der Waals surface area contributed by atoms with Crippen molar-refractivity contribution >= 4 is 17.5 Å². The van der Waals surface area contributed by atoms with Gasteiger partial charge in [-0.2, -0.15) is 0 Å². The van der Waals surface area contributed by atoms with E-state index >= 15 is 0 Å². The molecule has 0 unspecified atom stereocenters. The van der Waals surface area contributed by atoms with Crippen LogP contribution in [0, 0.1) is 5.41 Å². The number of benzene rings is 1. The summed E-state index contributed by atoms with van der Waals surface area (Å²) < 4.78 is 33.2. The van der Waals surface area contributed by atoms with Crippen molar-refractivity contribution in [1.29, 1.82) is 5.41 Å². The minimum atomic E-state index is -3.39. The number of ether oxygens (including phenoxy) is 1. The van der Waals surface area contributed by atoms with Crippen molar-refractivity contribution in [2.45, 2.75) is 32.0 Å². The minimum absolute atomic E-state index is 0.0777. The molecule has 2 rings (SSSR count). The number of hydrogen-bond donors (Lipinski definition) is 2. The topological polar surface area (TPSA) is 93.1 Å². The number of aliphatic hydroxyl groups excluding tert-OH is 1.